The Bertz CT molecular complexity index is 1430. The number of amides is 1. The second-order valence-corrected chi connectivity index (χ2v) is 12.7. The molecule has 0 radical (unpaired) electrons. The minimum Gasteiger partial charge on any atom is -0.322 e. The average Bonchev–Trinajstić information content (AvgIpc) is 3.40. The van der Waals surface area contributed by atoms with Gasteiger partial charge in [0.2, 0.25) is 0 Å². The maximum atomic E-state index is 12.9. The van der Waals surface area contributed by atoms with E-state index in [0.29, 0.717) is 61.1 Å². The number of alkyl halides is 3. The molecule has 3 heterocycles. The topological polar surface area (TPSA) is 111 Å². The summed E-state index contributed by atoms with van der Waals surface area (Å²) < 4.78 is 61.7. The van der Waals surface area contributed by atoms with Crippen LogP contribution < -0.4 is 5.32 Å². The standard InChI is InChI=1S/C27H31F3N6O3S/c28-27(29,30)18-36-10-2-5-22(17-36)25-32-24(33-34-25)20-6-8-23(9-7-20)31-26(37)21-4-1-3-19(15-21)16-35-11-13-40(38,39)14-12-35/h1,3-4,6-9,15,22H,2,5,10-14,16-18H2,(H,31,37)(H,32,33,34). The van der Waals surface area contributed by atoms with Gasteiger partial charge in [-0.2, -0.15) is 18.3 Å². The fraction of sp³-hybridized carbons (Fsp3) is 0.444. The van der Waals surface area contributed by atoms with Crippen LogP contribution in [-0.4, -0.2) is 89.7 Å². The Morgan fingerprint density at radius 1 is 1.05 bits per heavy atom. The summed E-state index contributed by atoms with van der Waals surface area (Å²) >= 11 is 0. The number of aromatic amines is 1. The van der Waals surface area contributed by atoms with E-state index in [1.807, 2.05) is 18.2 Å². The fourth-order valence-electron chi connectivity index (χ4n) is 5.15. The zero-order valence-corrected chi connectivity index (χ0v) is 22.6. The number of benzene rings is 2. The van der Waals surface area contributed by atoms with E-state index in [0.717, 1.165) is 12.0 Å². The number of H-pyrrole nitrogens is 1. The largest absolute Gasteiger partial charge is 0.401 e. The van der Waals surface area contributed by atoms with Crippen molar-refractivity contribution >= 4 is 21.4 Å². The molecule has 2 aliphatic heterocycles. The van der Waals surface area contributed by atoms with Gasteiger partial charge < -0.3 is 5.32 Å². The van der Waals surface area contributed by atoms with Crippen LogP contribution in [-0.2, 0) is 16.4 Å². The first kappa shape index (κ1) is 28.2. The maximum absolute atomic E-state index is 12.9. The molecule has 0 spiro atoms. The summed E-state index contributed by atoms with van der Waals surface area (Å²) in [4.78, 5) is 20.9. The second-order valence-electron chi connectivity index (χ2n) is 10.4. The molecule has 1 atom stereocenters. The molecule has 2 saturated heterocycles. The number of aromatic nitrogens is 3. The van der Waals surface area contributed by atoms with E-state index in [1.165, 1.54) is 4.90 Å². The van der Waals surface area contributed by atoms with Crippen molar-refractivity contribution in [2.45, 2.75) is 31.5 Å². The van der Waals surface area contributed by atoms with E-state index in [9.17, 15) is 26.4 Å². The molecule has 1 amide bonds. The van der Waals surface area contributed by atoms with Crippen molar-refractivity contribution in [1.29, 1.82) is 0 Å². The lowest BCUT2D eigenvalue weighted by molar-refractivity contribution is -0.148. The number of halogens is 3. The lowest BCUT2D eigenvalue weighted by Gasteiger charge is -2.31. The summed E-state index contributed by atoms with van der Waals surface area (Å²) in [5.74, 6) is 0.912. The number of likely N-dealkylation sites (tertiary alicyclic amines) is 1. The minimum absolute atomic E-state index is 0.144. The number of carbonyl (C=O) groups excluding carboxylic acids is 1. The second kappa shape index (κ2) is 11.7. The van der Waals surface area contributed by atoms with E-state index in [4.69, 9.17) is 0 Å². The number of nitrogens with zero attached hydrogens (tertiary/aromatic N) is 4. The van der Waals surface area contributed by atoms with Crippen molar-refractivity contribution < 1.29 is 26.4 Å². The van der Waals surface area contributed by atoms with Crippen molar-refractivity contribution in [3.63, 3.8) is 0 Å². The Kier molecular flexibility index (Phi) is 8.24. The fourth-order valence-corrected chi connectivity index (χ4v) is 6.42. The molecule has 3 aromatic rings. The molecule has 2 fully saturated rings. The molecule has 13 heteroatoms. The predicted molar refractivity (Wildman–Crippen MR) is 145 cm³/mol. The molecule has 214 valence electrons. The Balaban J connectivity index is 1.18. The number of sulfone groups is 1. The van der Waals surface area contributed by atoms with Crippen LogP contribution in [0.1, 0.15) is 40.5 Å². The molecule has 0 bridgehead atoms. The quantitative estimate of drug-likeness (QED) is 0.441. The molecule has 2 N–H and O–H groups in total. The first-order chi connectivity index (χ1) is 19.0. The van der Waals surface area contributed by atoms with Gasteiger partial charge in [-0.25, -0.2) is 13.4 Å². The highest BCUT2D eigenvalue weighted by molar-refractivity contribution is 7.91. The van der Waals surface area contributed by atoms with Crippen LogP contribution in [0.25, 0.3) is 11.4 Å². The van der Waals surface area contributed by atoms with Gasteiger partial charge in [0.1, 0.15) is 5.82 Å². The van der Waals surface area contributed by atoms with Gasteiger partial charge in [-0.15, -0.1) is 0 Å². The number of nitrogens with one attached hydrogen (secondary N) is 2. The average molecular weight is 577 g/mol. The Morgan fingerprint density at radius 2 is 1.80 bits per heavy atom. The number of hydrogen-bond donors (Lipinski definition) is 2. The Morgan fingerprint density at radius 3 is 2.52 bits per heavy atom. The molecule has 0 aliphatic carbocycles. The normalized spacial score (nSPS) is 20.3. The van der Waals surface area contributed by atoms with Gasteiger partial charge in [0.25, 0.3) is 5.91 Å². The van der Waals surface area contributed by atoms with Crippen LogP contribution in [0.5, 0.6) is 0 Å². The molecule has 1 aromatic heterocycles. The number of rotatable bonds is 7. The Hall–Kier alpha value is -3.29. The van der Waals surface area contributed by atoms with Crippen molar-refractivity contribution in [3.05, 3.63) is 65.5 Å². The monoisotopic (exact) mass is 576 g/mol. The van der Waals surface area contributed by atoms with Gasteiger partial charge in [-0.05, 0) is 61.3 Å². The highest BCUT2D eigenvalue weighted by Crippen LogP contribution is 2.28. The highest BCUT2D eigenvalue weighted by Gasteiger charge is 2.34. The Labute approximate surface area is 230 Å². The third-order valence-corrected chi connectivity index (χ3v) is 8.84. The number of piperidine rings is 1. The van der Waals surface area contributed by atoms with E-state index < -0.39 is 22.6 Å². The molecule has 2 aromatic carbocycles. The summed E-state index contributed by atoms with van der Waals surface area (Å²) in [7, 11) is -2.95. The zero-order chi connectivity index (χ0) is 28.3. The number of carbonyl (C=O) groups is 1. The zero-order valence-electron chi connectivity index (χ0n) is 21.8. The number of anilines is 1. The molecule has 0 saturated carbocycles. The van der Waals surface area contributed by atoms with Crippen LogP contribution in [0, 0.1) is 0 Å². The third kappa shape index (κ3) is 7.46. The van der Waals surface area contributed by atoms with E-state index in [-0.39, 0.29) is 29.9 Å². The third-order valence-electron chi connectivity index (χ3n) is 7.23. The summed E-state index contributed by atoms with van der Waals surface area (Å²) in [6, 6.07) is 14.3. The van der Waals surface area contributed by atoms with Crippen LogP contribution in [0.3, 0.4) is 0 Å². The SMILES string of the molecule is O=C(Nc1ccc(-c2n[nH]c(C3CCCN(CC(F)(F)F)C3)n2)cc1)c1cccc(CN2CCS(=O)(=O)CC2)c1. The summed E-state index contributed by atoms with van der Waals surface area (Å²) in [5.41, 5.74) is 2.74. The summed E-state index contributed by atoms with van der Waals surface area (Å²) in [5, 5.41) is 10.0. The van der Waals surface area contributed by atoms with E-state index in [2.05, 4.69) is 25.4 Å². The van der Waals surface area contributed by atoms with Crippen molar-refractivity contribution in [3.8, 4) is 11.4 Å². The van der Waals surface area contributed by atoms with Gasteiger partial charge >= 0.3 is 6.18 Å². The lowest BCUT2D eigenvalue weighted by atomic mass is 9.97. The van der Waals surface area contributed by atoms with E-state index in [1.54, 1.807) is 30.3 Å². The van der Waals surface area contributed by atoms with Gasteiger partial charge in [-0.3, -0.25) is 19.7 Å². The lowest BCUT2D eigenvalue weighted by Crippen LogP contribution is -2.40. The van der Waals surface area contributed by atoms with Gasteiger partial charge in [0, 0.05) is 48.9 Å². The van der Waals surface area contributed by atoms with Crippen LogP contribution in [0.15, 0.2) is 48.5 Å². The summed E-state index contributed by atoms with van der Waals surface area (Å²) in [6.07, 6.45) is -2.82. The molecular formula is C27H31F3N6O3S. The minimum atomic E-state index is -4.23. The van der Waals surface area contributed by atoms with Crippen molar-refractivity contribution in [2.24, 2.45) is 0 Å². The van der Waals surface area contributed by atoms with Gasteiger partial charge in [0.15, 0.2) is 15.7 Å². The highest BCUT2D eigenvalue weighted by atomic mass is 32.2. The molecular weight excluding hydrogens is 545 g/mol. The molecule has 1 unspecified atom stereocenters. The van der Waals surface area contributed by atoms with Gasteiger partial charge in [-0.1, -0.05) is 12.1 Å². The van der Waals surface area contributed by atoms with Crippen molar-refractivity contribution in [1.82, 2.24) is 25.0 Å². The van der Waals surface area contributed by atoms with Gasteiger partial charge in [0.05, 0.1) is 18.1 Å². The van der Waals surface area contributed by atoms with Crippen LogP contribution in [0.4, 0.5) is 18.9 Å². The maximum Gasteiger partial charge on any atom is 0.401 e. The number of hydrogen-bond acceptors (Lipinski definition) is 7. The van der Waals surface area contributed by atoms with Crippen LogP contribution >= 0.6 is 0 Å². The first-order valence-corrected chi connectivity index (χ1v) is 15.0. The van der Waals surface area contributed by atoms with Crippen molar-refractivity contribution in [2.75, 3.05) is 49.5 Å². The molecule has 5 rings (SSSR count). The predicted octanol–water partition coefficient (Wildman–Crippen LogP) is 3.70. The smallest absolute Gasteiger partial charge is 0.322 e. The molecule has 9 nitrogen and oxygen atoms in total. The first-order valence-electron chi connectivity index (χ1n) is 13.2. The molecule has 2 aliphatic rings. The van der Waals surface area contributed by atoms with Crippen LogP contribution in [0.2, 0.25) is 0 Å². The molecule has 40 heavy (non-hydrogen) atoms. The summed E-state index contributed by atoms with van der Waals surface area (Å²) in [6.45, 7) is 1.31. The van der Waals surface area contributed by atoms with E-state index >= 15 is 0 Å².